The van der Waals surface area contributed by atoms with Crippen LogP contribution in [0.2, 0.25) is 0 Å². The van der Waals surface area contributed by atoms with Crippen LogP contribution >= 0.6 is 0 Å². The third-order valence-electron chi connectivity index (χ3n) is 3.80. The van der Waals surface area contributed by atoms with Gasteiger partial charge in [0.2, 0.25) is 5.91 Å². The Kier molecular flexibility index (Phi) is 3.85. The minimum atomic E-state index is 0.366. The molecule has 1 amide bonds. The van der Waals surface area contributed by atoms with E-state index in [1.165, 1.54) is 12.8 Å². The highest BCUT2D eigenvalue weighted by molar-refractivity contribution is 5.78. The zero-order valence-corrected chi connectivity index (χ0v) is 10.5. The number of nitrogens with zero attached hydrogens (tertiary/aromatic N) is 1. The van der Waals surface area contributed by atoms with E-state index in [-0.39, 0.29) is 0 Å². The van der Waals surface area contributed by atoms with Crippen LogP contribution in [0, 0.1) is 11.8 Å². The molecule has 1 aliphatic heterocycles. The molecule has 1 saturated carbocycles. The van der Waals surface area contributed by atoms with Crippen LogP contribution in [0.3, 0.4) is 0 Å². The van der Waals surface area contributed by atoms with Crippen molar-refractivity contribution in [3.05, 3.63) is 0 Å². The molecule has 2 fully saturated rings. The molecule has 1 unspecified atom stereocenters. The lowest BCUT2D eigenvalue weighted by Crippen LogP contribution is -2.29. The Hall–Kier alpha value is -0.570. The van der Waals surface area contributed by atoms with Crippen LogP contribution in [-0.4, -0.2) is 36.5 Å². The van der Waals surface area contributed by atoms with Gasteiger partial charge in [-0.2, -0.15) is 0 Å². The van der Waals surface area contributed by atoms with Crippen LogP contribution in [0.5, 0.6) is 0 Å². The topological polar surface area (TPSA) is 32.3 Å². The zero-order chi connectivity index (χ0) is 11.5. The van der Waals surface area contributed by atoms with Crippen molar-refractivity contribution in [3.8, 4) is 0 Å². The number of likely N-dealkylation sites (tertiary alicyclic amines) is 1. The van der Waals surface area contributed by atoms with Gasteiger partial charge in [-0.1, -0.05) is 13.8 Å². The van der Waals surface area contributed by atoms with Gasteiger partial charge in [0.25, 0.3) is 0 Å². The molecular weight excluding hydrogens is 200 g/mol. The fraction of sp³-hybridized carbons (Fsp3) is 0.923. The Labute approximate surface area is 98.6 Å². The molecule has 0 aromatic rings. The molecular formula is C13H24N2O. The monoisotopic (exact) mass is 224 g/mol. The molecule has 1 aliphatic carbocycles. The van der Waals surface area contributed by atoms with Gasteiger partial charge in [-0.3, -0.25) is 4.79 Å². The van der Waals surface area contributed by atoms with Gasteiger partial charge in [0, 0.05) is 25.6 Å². The van der Waals surface area contributed by atoms with E-state index in [4.69, 9.17) is 0 Å². The first-order valence-corrected chi connectivity index (χ1v) is 6.68. The molecule has 92 valence electrons. The molecule has 1 saturated heterocycles. The lowest BCUT2D eigenvalue weighted by atomic mass is 9.95. The molecule has 1 N–H and O–H groups in total. The van der Waals surface area contributed by atoms with E-state index in [0.717, 1.165) is 38.5 Å². The molecule has 16 heavy (non-hydrogen) atoms. The summed E-state index contributed by atoms with van der Waals surface area (Å²) in [6.45, 7) is 7.44. The van der Waals surface area contributed by atoms with Gasteiger partial charge in [0.15, 0.2) is 0 Å². The average Bonchev–Trinajstić information content (AvgIpc) is 2.98. The first kappa shape index (κ1) is 11.9. The molecule has 3 heteroatoms. The highest BCUT2D eigenvalue weighted by Gasteiger charge is 2.30. The smallest absolute Gasteiger partial charge is 0.222 e. The Balaban J connectivity index is 1.62. The van der Waals surface area contributed by atoms with Crippen LogP contribution in [-0.2, 0) is 4.79 Å². The first-order chi connectivity index (χ1) is 7.66. The molecule has 1 heterocycles. The summed E-state index contributed by atoms with van der Waals surface area (Å²) in [4.78, 5) is 13.8. The predicted molar refractivity (Wildman–Crippen MR) is 65.2 cm³/mol. The summed E-state index contributed by atoms with van der Waals surface area (Å²) in [7, 11) is 0. The van der Waals surface area contributed by atoms with Crippen molar-refractivity contribution in [2.24, 2.45) is 11.8 Å². The molecule has 0 spiro atoms. The highest BCUT2D eigenvalue weighted by atomic mass is 16.2. The van der Waals surface area contributed by atoms with Crippen LogP contribution in [0.1, 0.15) is 39.5 Å². The molecule has 0 bridgehead atoms. The fourth-order valence-corrected chi connectivity index (χ4v) is 2.33. The van der Waals surface area contributed by atoms with Crippen LogP contribution in [0.25, 0.3) is 0 Å². The normalized spacial score (nSPS) is 25.8. The second-order valence-electron chi connectivity index (χ2n) is 5.63. The van der Waals surface area contributed by atoms with Gasteiger partial charge in [-0.15, -0.1) is 0 Å². The van der Waals surface area contributed by atoms with Crippen molar-refractivity contribution in [3.63, 3.8) is 0 Å². The summed E-state index contributed by atoms with van der Waals surface area (Å²) in [5, 5.41) is 3.49. The summed E-state index contributed by atoms with van der Waals surface area (Å²) in [5.74, 6) is 1.59. The Morgan fingerprint density at radius 3 is 2.75 bits per heavy atom. The molecule has 2 rings (SSSR count). The molecule has 2 aliphatic rings. The van der Waals surface area contributed by atoms with E-state index < -0.39 is 0 Å². The van der Waals surface area contributed by atoms with Gasteiger partial charge in [-0.05, 0) is 37.6 Å². The number of carbonyl (C=O) groups excluding carboxylic acids is 1. The number of rotatable bonds is 6. The summed E-state index contributed by atoms with van der Waals surface area (Å²) in [5.41, 5.74) is 0. The minimum absolute atomic E-state index is 0.366. The Morgan fingerprint density at radius 2 is 2.19 bits per heavy atom. The maximum atomic E-state index is 11.7. The Bertz CT molecular complexity index is 248. The van der Waals surface area contributed by atoms with Crippen molar-refractivity contribution >= 4 is 5.91 Å². The average molecular weight is 224 g/mol. The van der Waals surface area contributed by atoms with E-state index in [1.807, 2.05) is 0 Å². The van der Waals surface area contributed by atoms with E-state index in [2.05, 4.69) is 24.1 Å². The van der Waals surface area contributed by atoms with Gasteiger partial charge in [-0.25, -0.2) is 0 Å². The highest BCUT2D eigenvalue weighted by Crippen LogP contribution is 2.24. The number of hydrogen-bond acceptors (Lipinski definition) is 2. The van der Waals surface area contributed by atoms with Gasteiger partial charge in [0.1, 0.15) is 0 Å². The Morgan fingerprint density at radius 1 is 1.44 bits per heavy atom. The van der Waals surface area contributed by atoms with E-state index >= 15 is 0 Å². The van der Waals surface area contributed by atoms with Crippen molar-refractivity contribution in [2.75, 3.05) is 19.6 Å². The second kappa shape index (κ2) is 5.17. The number of hydrogen-bond donors (Lipinski definition) is 1. The van der Waals surface area contributed by atoms with Gasteiger partial charge >= 0.3 is 0 Å². The van der Waals surface area contributed by atoms with Crippen LogP contribution in [0.4, 0.5) is 0 Å². The fourth-order valence-electron chi connectivity index (χ4n) is 2.33. The van der Waals surface area contributed by atoms with Gasteiger partial charge < -0.3 is 10.2 Å². The number of nitrogens with one attached hydrogen (secondary N) is 1. The molecule has 1 atom stereocenters. The van der Waals surface area contributed by atoms with E-state index in [1.54, 1.807) is 0 Å². The molecule has 0 aromatic heterocycles. The van der Waals surface area contributed by atoms with Crippen LogP contribution in [0.15, 0.2) is 0 Å². The number of carbonyl (C=O) groups is 1. The lowest BCUT2D eigenvalue weighted by Gasteiger charge is -2.18. The van der Waals surface area contributed by atoms with E-state index in [0.29, 0.717) is 17.7 Å². The third kappa shape index (κ3) is 3.21. The number of amides is 1. The van der Waals surface area contributed by atoms with E-state index in [9.17, 15) is 4.79 Å². The van der Waals surface area contributed by atoms with Gasteiger partial charge in [0.05, 0.1) is 0 Å². The molecule has 3 nitrogen and oxygen atoms in total. The SMILES string of the molecule is CC(C)C1CC(=O)N(CCCNC2CC2)C1. The zero-order valence-electron chi connectivity index (χ0n) is 10.5. The summed E-state index contributed by atoms with van der Waals surface area (Å²) >= 11 is 0. The third-order valence-corrected chi connectivity index (χ3v) is 3.80. The minimum Gasteiger partial charge on any atom is -0.342 e. The lowest BCUT2D eigenvalue weighted by molar-refractivity contribution is -0.127. The first-order valence-electron chi connectivity index (χ1n) is 6.68. The quantitative estimate of drug-likeness (QED) is 0.696. The predicted octanol–water partition coefficient (Wildman–Crippen LogP) is 1.63. The maximum absolute atomic E-state index is 11.7. The molecule has 0 radical (unpaired) electrons. The van der Waals surface area contributed by atoms with Crippen molar-refractivity contribution < 1.29 is 4.79 Å². The maximum Gasteiger partial charge on any atom is 0.222 e. The van der Waals surface area contributed by atoms with Crippen molar-refractivity contribution in [1.82, 2.24) is 10.2 Å². The summed E-state index contributed by atoms with van der Waals surface area (Å²) < 4.78 is 0. The van der Waals surface area contributed by atoms with Crippen molar-refractivity contribution in [2.45, 2.75) is 45.6 Å². The second-order valence-corrected chi connectivity index (χ2v) is 5.63. The van der Waals surface area contributed by atoms with Crippen LogP contribution < -0.4 is 5.32 Å². The molecule has 0 aromatic carbocycles. The summed E-state index contributed by atoms with van der Waals surface area (Å²) in [6, 6.07) is 0.790. The summed E-state index contributed by atoms with van der Waals surface area (Å²) in [6.07, 6.45) is 4.57. The van der Waals surface area contributed by atoms with Crippen molar-refractivity contribution in [1.29, 1.82) is 0 Å². The largest absolute Gasteiger partial charge is 0.342 e. The standard InChI is InChI=1S/C13H24N2O/c1-10(2)11-8-13(16)15(9-11)7-3-6-14-12-4-5-12/h10-12,14H,3-9H2,1-2H3.